The van der Waals surface area contributed by atoms with E-state index in [0.717, 1.165) is 19.3 Å². The first-order valence-electron chi connectivity index (χ1n) is 7.11. The first-order valence-corrected chi connectivity index (χ1v) is 7.11. The summed E-state index contributed by atoms with van der Waals surface area (Å²) in [6.45, 7) is 1.87. The highest BCUT2D eigenvalue weighted by Crippen LogP contribution is 2.37. The third-order valence-electron chi connectivity index (χ3n) is 4.24. The van der Waals surface area contributed by atoms with Gasteiger partial charge in [-0.2, -0.15) is 0 Å². The fraction of sp³-hybridized carbons (Fsp3) is 0.929. The molecule has 2 rings (SSSR count). The monoisotopic (exact) mass is 239 g/mol. The molecule has 17 heavy (non-hydrogen) atoms. The highest BCUT2D eigenvalue weighted by molar-refractivity contribution is 5.78. The van der Waals surface area contributed by atoms with Gasteiger partial charge in [-0.3, -0.25) is 10.1 Å². The van der Waals surface area contributed by atoms with Gasteiger partial charge in [-0.1, -0.05) is 38.5 Å². The van der Waals surface area contributed by atoms with Crippen molar-refractivity contribution in [2.45, 2.75) is 76.3 Å². The lowest BCUT2D eigenvalue weighted by Crippen LogP contribution is -2.54. The molecular weight excluding hydrogens is 214 g/mol. The maximum atomic E-state index is 11.5. The minimum atomic E-state index is -0.698. The molecule has 2 aliphatic rings. The molecule has 2 fully saturated rings. The predicted octanol–water partition coefficient (Wildman–Crippen LogP) is 2.94. The van der Waals surface area contributed by atoms with E-state index in [2.05, 4.69) is 5.32 Å². The Balaban J connectivity index is 1.92. The number of rotatable bonds is 5. The minimum Gasteiger partial charge on any atom is -0.480 e. The second-order valence-corrected chi connectivity index (χ2v) is 6.12. The summed E-state index contributed by atoms with van der Waals surface area (Å²) in [5.41, 5.74) is -0.698. The standard InChI is InChI=1S/C14H25NO2/c1-14(13(16)17,10-11-8-9-11)15-12-6-4-2-3-5-7-12/h11-12,15H,2-10H2,1H3,(H,16,17). The van der Waals surface area contributed by atoms with Crippen molar-refractivity contribution in [1.29, 1.82) is 0 Å². The topological polar surface area (TPSA) is 49.3 Å². The number of carboxylic acid groups (broad SMARTS) is 1. The molecule has 0 heterocycles. The van der Waals surface area contributed by atoms with Gasteiger partial charge in [-0.25, -0.2) is 0 Å². The molecule has 0 aliphatic heterocycles. The van der Waals surface area contributed by atoms with Crippen molar-refractivity contribution in [1.82, 2.24) is 5.32 Å². The molecule has 0 aromatic carbocycles. The smallest absolute Gasteiger partial charge is 0.323 e. The summed E-state index contributed by atoms with van der Waals surface area (Å²) in [5, 5.41) is 12.9. The first kappa shape index (κ1) is 12.9. The van der Waals surface area contributed by atoms with Crippen molar-refractivity contribution in [3.05, 3.63) is 0 Å². The molecule has 0 amide bonds. The van der Waals surface area contributed by atoms with Gasteiger partial charge in [0.2, 0.25) is 0 Å². The quantitative estimate of drug-likeness (QED) is 0.725. The molecule has 2 saturated carbocycles. The molecule has 2 N–H and O–H groups in total. The summed E-state index contributed by atoms with van der Waals surface area (Å²) in [4.78, 5) is 11.5. The molecule has 0 saturated heterocycles. The van der Waals surface area contributed by atoms with Crippen molar-refractivity contribution in [2.24, 2.45) is 5.92 Å². The van der Waals surface area contributed by atoms with Crippen LogP contribution >= 0.6 is 0 Å². The van der Waals surface area contributed by atoms with E-state index in [0.29, 0.717) is 12.0 Å². The molecule has 98 valence electrons. The molecule has 0 aromatic rings. The molecule has 3 heteroatoms. The van der Waals surface area contributed by atoms with Gasteiger partial charge < -0.3 is 5.11 Å². The molecule has 0 spiro atoms. The largest absolute Gasteiger partial charge is 0.480 e. The van der Waals surface area contributed by atoms with Gasteiger partial charge in [-0.05, 0) is 32.1 Å². The lowest BCUT2D eigenvalue weighted by Gasteiger charge is -2.31. The Labute approximate surface area is 104 Å². The average Bonchev–Trinajstić information content (AvgIpc) is 3.06. The Kier molecular flexibility index (Phi) is 4.08. The third-order valence-corrected chi connectivity index (χ3v) is 4.24. The Bertz CT molecular complexity index is 267. The van der Waals surface area contributed by atoms with Crippen LogP contribution in [0.4, 0.5) is 0 Å². The van der Waals surface area contributed by atoms with Crippen molar-refractivity contribution in [3.8, 4) is 0 Å². The Morgan fingerprint density at radius 3 is 2.24 bits per heavy atom. The summed E-state index contributed by atoms with van der Waals surface area (Å²) in [6, 6.07) is 0.414. The fourth-order valence-electron chi connectivity index (χ4n) is 2.98. The maximum Gasteiger partial charge on any atom is 0.323 e. The van der Waals surface area contributed by atoms with Gasteiger partial charge in [-0.15, -0.1) is 0 Å². The number of hydrogen-bond acceptors (Lipinski definition) is 2. The van der Waals surface area contributed by atoms with Gasteiger partial charge >= 0.3 is 5.97 Å². The van der Waals surface area contributed by atoms with Gasteiger partial charge in [0.05, 0.1) is 0 Å². The Hall–Kier alpha value is -0.570. The minimum absolute atomic E-state index is 0.414. The van der Waals surface area contributed by atoms with E-state index in [1.165, 1.54) is 38.5 Å². The maximum absolute atomic E-state index is 11.5. The zero-order valence-electron chi connectivity index (χ0n) is 10.9. The van der Waals surface area contributed by atoms with E-state index >= 15 is 0 Å². The van der Waals surface area contributed by atoms with Crippen LogP contribution in [0.5, 0.6) is 0 Å². The van der Waals surface area contributed by atoms with Gasteiger partial charge in [0.15, 0.2) is 0 Å². The Morgan fingerprint density at radius 1 is 1.18 bits per heavy atom. The lowest BCUT2D eigenvalue weighted by atomic mass is 9.92. The van der Waals surface area contributed by atoms with Crippen LogP contribution in [0.2, 0.25) is 0 Å². The van der Waals surface area contributed by atoms with Crippen LogP contribution in [-0.2, 0) is 4.79 Å². The fourth-order valence-corrected chi connectivity index (χ4v) is 2.98. The van der Waals surface area contributed by atoms with E-state index in [9.17, 15) is 9.90 Å². The van der Waals surface area contributed by atoms with Crippen LogP contribution < -0.4 is 5.32 Å². The van der Waals surface area contributed by atoms with Gasteiger partial charge in [0.25, 0.3) is 0 Å². The average molecular weight is 239 g/mol. The second kappa shape index (κ2) is 5.38. The molecule has 1 atom stereocenters. The number of carboxylic acids is 1. The summed E-state index contributed by atoms with van der Waals surface area (Å²) in [6.07, 6.45) is 10.6. The van der Waals surface area contributed by atoms with Crippen molar-refractivity contribution in [2.75, 3.05) is 0 Å². The third kappa shape index (κ3) is 3.70. The predicted molar refractivity (Wildman–Crippen MR) is 68.0 cm³/mol. The molecule has 0 aromatic heterocycles. The van der Waals surface area contributed by atoms with E-state index in [1.807, 2.05) is 6.92 Å². The SMILES string of the molecule is CC(CC1CC1)(NC1CCCCCC1)C(=O)O. The van der Waals surface area contributed by atoms with Crippen LogP contribution in [0.1, 0.15) is 64.7 Å². The van der Waals surface area contributed by atoms with Gasteiger partial charge in [0.1, 0.15) is 5.54 Å². The molecule has 0 radical (unpaired) electrons. The van der Waals surface area contributed by atoms with Crippen LogP contribution in [0, 0.1) is 5.92 Å². The molecule has 0 bridgehead atoms. The second-order valence-electron chi connectivity index (χ2n) is 6.12. The van der Waals surface area contributed by atoms with Gasteiger partial charge in [0, 0.05) is 6.04 Å². The molecule has 3 nitrogen and oxygen atoms in total. The highest BCUT2D eigenvalue weighted by Gasteiger charge is 2.40. The number of hydrogen-bond donors (Lipinski definition) is 2. The molecule has 1 unspecified atom stereocenters. The molecule has 2 aliphatic carbocycles. The summed E-state index contributed by atoms with van der Waals surface area (Å²) in [7, 11) is 0. The number of carbonyl (C=O) groups is 1. The Morgan fingerprint density at radius 2 is 1.76 bits per heavy atom. The molecular formula is C14H25NO2. The lowest BCUT2D eigenvalue weighted by molar-refractivity contribution is -0.145. The normalized spacial score (nSPS) is 26.2. The zero-order valence-corrected chi connectivity index (χ0v) is 10.9. The first-order chi connectivity index (χ1) is 8.10. The van der Waals surface area contributed by atoms with Crippen molar-refractivity contribution >= 4 is 5.97 Å². The summed E-state index contributed by atoms with van der Waals surface area (Å²) in [5.74, 6) is -0.0250. The van der Waals surface area contributed by atoms with Crippen molar-refractivity contribution in [3.63, 3.8) is 0 Å². The number of nitrogens with one attached hydrogen (secondary N) is 1. The van der Waals surface area contributed by atoms with E-state index in [-0.39, 0.29) is 0 Å². The number of aliphatic carboxylic acids is 1. The summed E-state index contributed by atoms with van der Waals surface area (Å²) < 4.78 is 0. The van der Waals surface area contributed by atoms with E-state index in [1.54, 1.807) is 0 Å². The van der Waals surface area contributed by atoms with Crippen LogP contribution in [0.15, 0.2) is 0 Å². The van der Waals surface area contributed by atoms with E-state index in [4.69, 9.17) is 0 Å². The van der Waals surface area contributed by atoms with Crippen LogP contribution in [-0.4, -0.2) is 22.7 Å². The summed E-state index contributed by atoms with van der Waals surface area (Å²) >= 11 is 0. The highest BCUT2D eigenvalue weighted by atomic mass is 16.4. The zero-order chi connectivity index (χ0) is 12.3. The van der Waals surface area contributed by atoms with Crippen LogP contribution in [0.25, 0.3) is 0 Å². The van der Waals surface area contributed by atoms with Crippen LogP contribution in [0.3, 0.4) is 0 Å². The van der Waals surface area contributed by atoms with Crippen molar-refractivity contribution < 1.29 is 9.90 Å². The van der Waals surface area contributed by atoms with E-state index < -0.39 is 11.5 Å².